The van der Waals surface area contributed by atoms with Gasteiger partial charge in [-0.15, -0.1) is 0 Å². The average molecular weight is 233 g/mol. The molecule has 0 radical (unpaired) electrons. The van der Waals surface area contributed by atoms with E-state index in [-0.39, 0.29) is 5.56 Å². The molecule has 0 fully saturated rings. The number of nitrogens with zero attached hydrogens (tertiary/aromatic N) is 2. The predicted molar refractivity (Wildman–Crippen MR) is 41.8 cm³/mol. The summed E-state index contributed by atoms with van der Waals surface area (Å²) in [5, 5.41) is 8.44. The SMILES string of the molecule is N#Cc1cccnc1C(F)(F)Br. The van der Waals surface area contributed by atoms with E-state index >= 15 is 0 Å². The van der Waals surface area contributed by atoms with Crippen molar-refractivity contribution in [2.75, 3.05) is 0 Å². The summed E-state index contributed by atoms with van der Waals surface area (Å²) < 4.78 is 25.2. The van der Waals surface area contributed by atoms with E-state index in [4.69, 9.17) is 5.26 Å². The lowest BCUT2D eigenvalue weighted by Crippen LogP contribution is -2.07. The highest BCUT2D eigenvalue weighted by molar-refractivity contribution is 9.09. The normalized spacial score (nSPS) is 10.8. The maximum atomic E-state index is 12.6. The summed E-state index contributed by atoms with van der Waals surface area (Å²) in [6, 6.07) is 4.35. The summed E-state index contributed by atoms with van der Waals surface area (Å²) in [4.78, 5) is 0.165. The van der Waals surface area contributed by atoms with E-state index in [0.717, 1.165) is 0 Å². The maximum Gasteiger partial charge on any atom is 0.344 e. The van der Waals surface area contributed by atoms with Crippen molar-refractivity contribution in [3.05, 3.63) is 29.6 Å². The Morgan fingerprint density at radius 1 is 1.58 bits per heavy atom. The van der Waals surface area contributed by atoms with E-state index < -0.39 is 10.5 Å². The second-order valence-electron chi connectivity index (χ2n) is 2.01. The van der Waals surface area contributed by atoms with Crippen molar-refractivity contribution in [3.8, 4) is 6.07 Å². The number of alkyl halides is 3. The van der Waals surface area contributed by atoms with Gasteiger partial charge in [0.2, 0.25) is 0 Å². The first kappa shape index (κ1) is 9.07. The Hall–Kier alpha value is -1.02. The van der Waals surface area contributed by atoms with E-state index in [0.29, 0.717) is 0 Å². The maximum absolute atomic E-state index is 12.6. The molecule has 0 N–H and O–H groups in total. The minimum Gasteiger partial charge on any atom is -0.253 e. The summed E-state index contributed by atoms with van der Waals surface area (Å²) in [5.74, 6) is 0. The van der Waals surface area contributed by atoms with Crippen LogP contribution in [0.3, 0.4) is 0 Å². The molecule has 0 aromatic carbocycles. The minimum absolute atomic E-state index is 0.126. The minimum atomic E-state index is -3.24. The Bertz CT molecular complexity index is 327. The number of hydrogen-bond donors (Lipinski definition) is 0. The molecule has 0 saturated heterocycles. The van der Waals surface area contributed by atoms with Crippen molar-refractivity contribution in [1.29, 1.82) is 5.26 Å². The van der Waals surface area contributed by atoms with Gasteiger partial charge in [0.1, 0.15) is 11.8 Å². The molecule has 0 aliphatic rings. The summed E-state index contributed by atoms with van der Waals surface area (Å²) in [6.07, 6.45) is 1.21. The van der Waals surface area contributed by atoms with E-state index in [1.807, 2.05) is 0 Å². The first-order chi connectivity index (χ1) is 5.55. The number of aromatic nitrogens is 1. The number of rotatable bonds is 1. The van der Waals surface area contributed by atoms with Gasteiger partial charge in [-0.3, -0.25) is 4.98 Å². The molecule has 2 nitrogen and oxygen atoms in total. The van der Waals surface area contributed by atoms with Crippen LogP contribution in [-0.2, 0) is 4.83 Å². The molecule has 0 bridgehead atoms. The average Bonchev–Trinajstić information content (AvgIpc) is 2.03. The number of pyridine rings is 1. The van der Waals surface area contributed by atoms with Crippen molar-refractivity contribution in [1.82, 2.24) is 4.98 Å². The molecule has 0 aliphatic carbocycles. The third-order valence-electron chi connectivity index (χ3n) is 1.20. The molecule has 0 saturated carbocycles. The Morgan fingerprint density at radius 2 is 2.25 bits per heavy atom. The molecule has 1 heterocycles. The third-order valence-corrected chi connectivity index (χ3v) is 1.57. The summed E-state index contributed by atoms with van der Waals surface area (Å²) in [6.45, 7) is 0. The third kappa shape index (κ3) is 1.77. The molecule has 0 aliphatic heterocycles. The topological polar surface area (TPSA) is 36.7 Å². The van der Waals surface area contributed by atoms with Gasteiger partial charge in [0.15, 0.2) is 0 Å². The lowest BCUT2D eigenvalue weighted by atomic mass is 10.2. The van der Waals surface area contributed by atoms with Crippen molar-refractivity contribution in [2.45, 2.75) is 4.83 Å². The highest BCUT2D eigenvalue weighted by Gasteiger charge is 2.31. The first-order valence-electron chi connectivity index (χ1n) is 2.98. The molecular formula is C7H3BrF2N2. The zero-order chi connectivity index (χ0) is 9.19. The van der Waals surface area contributed by atoms with Gasteiger partial charge in [-0.05, 0) is 28.1 Å². The Morgan fingerprint density at radius 3 is 2.67 bits per heavy atom. The second-order valence-corrected chi connectivity index (χ2v) is 3.01. The smallest absolute Gasteiger partial charge is 0.253 e. The van der Waals surface area contributed by atoms with Gasteiger partial charge in [-0.1, -0.05) is 0 Å². The van der Waals surface area contributed by atoms with Crippen LogP contribution >= 0.6 is 15.9 Å². The van der Waals surface area contributed by atoms with Crippen LogP contribution in [0.15, 0.2) is 18.3 Å². The van der Waals surface area contributed by atoms with Gasteiger partial charge < -0.3 is 0 Å². The van der Waals surface area contributed by atoms with Crippen molar-refractivity contribution >= 4 is 15.9 Å². The number of halogens is 3. The fourth-order valence-electron chi connectivity index (χ4n) is 0.721. The monoisotopic (exact) mass is 232 g/mol. The van der Waals surface area contributed by atoms with Gasteiger partial charge in [0, 0.05) is 6.20 Å². The molecule has 12 heavy (non-hydrogen) atoms. The van der Waals surface area contributed by atoms with Crippen LogP contribution in [0.25, 0.3) is 0 Å². The molecular weight excluding hydrogens is 230 g/mol. The summed E-state index contributed by atoms with van der Waals surface area (Å²) in [5.41, 5.74) is -0.674. The number of hydrogen-bond acceptors (Lipinski definition) is 2. The Labute approximate surface area is 76.0 Å². The van der Waals surface area contributed by atoms with Gasteiger partial charge in [-0.25, -0.2) is 0 Å². The fraction of sp³-hybridized carbons (Fsp3) is 0.143. The van der Waals surface area contributed by atoms with Crippen LogP contribution in [0, 0.1) is 11.3 Å². The predicted octanol–water partition coefficient (Wildman–Crippen LogP) is 2.40. The largest absolute Gasteiger partial charge is 0.344 e. The van der Waals surface area contributed by atoms with Crippen LogP contribution < -0.4 is 0 Å². The van der Waals surface area contributed by atoms with Crippen LogP contribution in [0.5, 0.6) is 0 Å². The van der Waals surface area contributed by atoms with Gasteiger partial charge in [0.25, 0.3) is 0 Å². The van der Waals surface area contributed by atoms with Crippen molar-refractivity contribution < 1.29 is 8.78 Å². The molecule has 5 heteroatoms. The molecule has 0 unspecified atom stereocenters. The molecule has 1 rings (SSSR count). The van der Waals surface area contributed by atoms with Crippen molar-refractivity contribution in [2.24, 2.45) is 0 Å². The van der Waals surface area contributed by atoms with E-state index in [2.05, 4.69) is 20.9 Å². The Balaban J connectivity index is 3.26. The van der Waals surface area contributed by atoms with Gasteiger partial charge >= 0.3 is 4.83 Å². The summed E-state index contributed by atoms with van der Waals surface area (Å²) >= 11 is 2.13. The molecule has 1 aromatic heterocycles. The summed E-state index contributed by atoms with van der Waals surface area (Å²) in [7, 11) is 0. The van der Waals surface area contributed by atoms with Gasteiger partial charge in [0.05, 0.1) is 5.56 Å². The molecule has 0 amide bonds. The molecule has 0 atom stereocenters. The van der Waals surface area contributed by atoms with Crippen molar-refractivity contribution in [3.63, 3.8) is 0 Å². The van der Waals surface area contributed by atoms with E-state index in [1.165, 1.54) is 18.3 Å². The van der Waals surface area contributed by atoms with E-state index in [9.17, 15) is 8.78 Å². The van der Waals surface area contributed by atoms with Gasteiger partial charge in [-0.2, -0.15) is 14.0 Å². The highest BCUT2D eigenvalue weighted by atomic mass is 79.9. The highest BCUT2D eigenvalue weighted by Crippen LogP contribution is 2.34. The lowest BCUT2D eigenvalue weighted by Gasteiger charge is -2.07. The molecule has 1 aromatic rings. The van der Waals surface area contributed by atoms with Crippen LogP contribution in [-0.4, -0.2) is 4.98 Å². The standard InChI is InChI=1S/C7H3BrF2N2/c8-7(9,10)6-5(4-11)2-1-3-12-6/h1-3H. The molecule has 0 spiro atoms. The quantitative estimate of drug-likeness (QED) is 0.698. The lowest BCUT2D eigenvalue weighted by molar-refractivity contribution is 0.109. The van der Waals surface area contributed by atoms with Crippen LogP contribution in [0.1, 0.15) is 11.3 Å². The fourth-order valence-corrected chi connectivity index (χ4v) is 1.04. The molecule has 62 valence electrons. The zero-order valence-electron chi connectivity index (χ0n) is 5.76. The Kier molecular flexibility index (Phi) is 2.38. The van der Waals surface area contributed by atoms with E-state index in [1.54, 1.807) is 6.07 Å². The first-order valence-corrected chi connectivity index (χ1v) is 3.77. The second kappa shape index (κ2) is 3.15. The van der Waals surface area contributed by atoms with Crippen LogP contribution in [0.4, 0.5) is 8.78 Å². The number of nitriles is 1. The zero-order valence-corrected chi connectivity index (χ0v) is 7.35. The van der Waals surface area contributed by atoms with Crippen LogP contribution in [0.2, 0.25) is 0 Å².